The summed E-state index contributed by atoms with van der Waals surface area (Å²) in [4.78, 5) is 16.8. The topological polar surface area (TPSA) is 66.4 Å². The molecular formula is C29H28NO5P. The Hall–Kier alpha value is -3.76. The minimum Gasteiger partial charge on any atom is -0.493 e. The molecule has 7 heteroatoms. The molecular weight excluding hydrogens is 473 g/mol. The summed E-state index contributed by atoms with van der Waals surface area (Å²) in [7, 11) is 5.74. The van der Waals surface area contributed by atoms with Crippen LogP contribution in [0.3, 0.4) is 0 Å². The molecule has 0 saturated carbocycles. The van der Waals surface area contributed by atoms with Crippen LogP contribution in [0.25, 0.3) is 32.8 Å². The smallest absolute Gasteiger partial charge is 0.243 e. The molecule has 36 heavy (non-hydrogen) atoms. The normalized spacial score (nSPS) is 13.1. The fourth-order valence-corrected chi connectivity index (χ4v) is 7.70. The van der Waals surface area contributed by atoms with Crippen LogP contribution in [0.2, 0.25) is 0 Å². The van der Waals surface area contributed by atoms with Crippen LogP contribution in [0, 0.1) is 0 Å². The van der Waals surface area contributed by atoms with E-state index in [2.05, 4.69) is 29.3 Å². The first-order chi connectivity index (χ1) is 17.5. The maximum atomic E-state index is 12.3. The van der Waals surface area contributed by atoms with Gasteiger partial charge in [0.2, 0.25) is 5.91 Å². The van der Waals surface area contributed by atoms with Crippen molar-refractivity contribution in [1.82, 2.24) is 0 Å². The molecule has 0 fully saturated rings. The van der Waals surface area contributed by atoms with E-state index in [4.69, 9.17) is 18.9 Å². The van der Waals surface area contributed by atoms with Gasteiger partial charge in [-0.05, 0) is 53.4 Å². The van der Waals surface area contributed by atoms with Crippen molar-refractivity contribution >= 4 is 24.2 Å². The molecule has 2 heterocycles. The van der Waals surface area contributed by atoms with Crippen molar-refractivity contribution in [2.24, 2.45) is 4.99 Å². The predicted octanol–water partition coefficient (Wildman–Crippen LogP) is 6.20. The lowest BCUT2D eigenvalue weighted by Crippen LogP contribution is -2.12. The Morgan fingerprint density at radius 1 is 0.833 bits per heavy atom. The summed E-state index contributed by atoms with van der Waals surface area (Å²) in [6.07, 6.45) is 1.66. The molecule has 6 nitrogen and oxygen atoms in total. The zero-order valence-corrected chi connectivity index (χ0v) is 21.9. The first-order valence-corrected chi connectivity index (χ1v) is 13.2. The summed E-state index contributed by atoms with van der Waals surface area (Å²) >= 11 is 0. The predicted molar refractivity (Wildman–Crippen MR) is 144 cm³/mol. The maximum Gasteiger partial charge on any atom is 0.243 e. The molecule has 1 aromatic heterocycles. The van der Waals surface area contributed by atoms with E-state index in [0.29, 0.717) is 11.5 Å². The van der Waals surface area contributed by atoms with E-state index < -0.39 is 7.53 Å². The Labute approximate surface area is 211 Å². The van der Waals surface area contributed by atoms with Crippen LogP contribution in [-0.4, -0.2) is 34.3 Å². The molecule has 0 bridgehead atoms. The summed E-state index contributed by atoms with van der Waals surface area (Å²) in [6, 6.07) is 18.5. The van der Waals surface area contributed by atoms with E-state index in [0.717, 1.165) is 62.2 Å². The summed E-state index contributed by atoms with van der Waals surface area (Å²) < 4.78 is 22.9. The van der Waals surface area contributed by atoms with Crippen LogP contribution >= 0.6 is 7.53 Å². The highest BCUT2D eigenvalue weighted by Crippen LogP contribution is 2.54. The number of benzene rings is 3. The average molecular weight is 502 g/mol. The maximum absolute atomic E-state index is 12.3. The molecule has 5 rings (SSSR count). The van der Waals surface area contributed by atoms with Crippen molar-refractivity contribution in [2.45, 2.75) is 19.5 Å². The highest BCUT2D eigenvalue weighted by molar-refractivity contribution is 7.51. The van der Waals surface area contributed by atoms with Crippen LogP contribution < -0.4 is 24.0 Å². The molecule has 1 amide bonds. The van der Waals surface area contributed by atoms with Crippen molar-refractivity contribution < 1.29 is 23.7 Å². The fraction of sp³-hybridized carbons (Fsp3) is 0.241. The van der Waals surface area contributed by atoms with Gasteiger partial charge in [0, 0.05) is 28.7 Å². The largest absolute Gasteiger partial charge is 0.493 e. The Kier molecular flexibility index (Phi) is 6.46. The molecule has 0 aliphatic carbocycles. The van der Waals surface area contributed by atoms with E-state index >= 15 is 0 Å². The standard InChI is InChI=1S/C29H28NO5P/c1-17(31)30-29-22-16-25(33-3)24(32-2)13-19(22)14-26-23-15-21(18-9-7-6-8-10-18)28(35-5)27(34-4)20(23)11-12-36(26)29/h6-10,13-16H,11-12H2,1-5H3. The number of amides is 1. The van der Waals surface area contributed by atoms with Crippen molar-refractivity contribution in [2.75, 3.05) is 28.4 Å². The number of hydrogen-bond acceptors (Lipinski definition) is 5. The third-order valence-electron chi connectivity index (χ3n) is 6.59. The summed E-state index contributed by atoms with van der Waals surface area (Å²) in [5.74, 6) is 2.53. The zero-order chi connectivity index (χ0) is 25.4. The Bertz CT molecular complexity index is 1560. The Balaban J connectivity index is 1.90. The highest BCUT2D eigenvalue weighted by Gasteiger charge is 2.27. The van der Waals surface area contributed by atoms with Gasteiger partial charge >= 0.3 is 0 Å². The van der Waals surface area contributed by atoms with Gasteiger partial charge < -0.3 is 18.9 Å². The first kappa shape index (κ1) is 24.0. The van der Waals surface area contributed by atoms with Gasteiger partial charge in [0.15, 0.2) is 23.0 Å². The van der Waals surface area contributed by atoms with Gasteiger partial charge in [-0.3, -0.25) is 4.79 Å². The zero-order valence-electron chi connectivity index (χ0n) is 21.0. The van der Waals surface area contributed by atoms with Gasteiger partial charge in [-0.15, -0.1) is 0 Å². The average Bonchev–Trinajstić information content (AvgIpc) is 2.91. The number of ether oxygens (including phenoxy) is 4. The lowest BCUT2D eigenvalue weighted by Gasteiger charge is -2.26. The second kappa shape index (κ2) is 9.71. The van der Waals surface area contributed by atoms with Crippen LogP contribution in [0.5, 0.6) is 23.0 Å². The fourth-order valence-electron chi connectivity index (χ4n) is 5.04. The van der Waals surface area contributed by atoms with Crippen LogP contribution in [-0.2, 0) is 17.4 Å². The van der Waals surface area contributed by atoms with Gasteiger partial charge in [0.05, 0.1) is 33.5 Å². The number of methoxy groups -OCH3 is 4. The summed E-state index contributed by atoms with van der Waals surface area (Å²) in [5, 5.41) is 3.87. The highest BCUT2D eigenvalue weighted by atomic mass is 31.1. The Morgan fingerprint density at radius 3 is 2.17 bits per heavy atom. The summed E-state index contributed by atoms with van der Waals surface area (Å²) in [5.41, 5.74) is 4.24. The van der Waals surface area contributed by atoms with E-state index in [9.17, 15) is 4.79 Å². The summed E-state index contributed by atoms with van der Waals surface area (Å²) in [6.45, 7) is 1.50. The number of carbonyl (C=O) groups excluding carboxylic acids is 1. The molecule has 4 aromatic rings. The minimum atomic E-state index is -0.862. The lowest BCUT2D eigenvalue weighted by molar-refractivity contribution is -0.116. The number of nitrogens with zero attached hydrogens (tertiary/aromatic N) is 1. The molecule has 1 aliphatic rings. The molecule has 184 valence electrons. The van der Waals surface area contributed by atoms with E-state index in [1.165, 1.54) is 12.2 Å². The first-order valence-electron chi connectivity index (χ1n) is 11.7. The van der Waals surface area contributed by atoms with Crippen molar-refractivity contribution in [3.8, 4) is 45.0 Å². The van der Waals surface area contributed by atoms with E-state index in [-0.39, 0.29) is 5.91 Å². The lowest BCUT2D eigenvalue weighted by atomic mass is 9.94. The third-order valence-corrected chi connectivity index (χ3v) is 9.07. The van der Waals surface area contributed by atoms with E-state index in [1.54, 1.807) is 28.4 Å². The van der Waals surface area contributed by atoms with Crippen LogP contribution in [0.1, 0.15) is 12.5 Å². The Morgan fingerprint density at radius 2 is 1.53 bits per heavy atom. The minimum absolute atomic E-state index is 0.211. The second-order valence-corrected chi connectivity index (χ2v) is 10.8. The van der Waals surface area contributed by atoms with Gasteiger partial charge in [-0.25, -0.2) is 4.99 Å². The van der Waals surface area contributed by atoms with Gasteiger partial charge in [-0.1, -0.05) is 37.9 Å². The molecule has 0 spiro atoms. The number of carbonyl (C=O) groups is 1. The monoisotopic (exact) mass is 501 g/mol. The molecule has 1 unspecified atom stereocenters. The van der Waals surface area contributed by atoms with Crippen molar-refractivity contribution in [1.29, 1.82) is 0 Å². The molecule has 1 aliphatic heterocycles. The second-order valence-electron chi connectivity index (χ2n) is 8.56. The van der Waals surface area contributed by atoms with Crippen LogP contribution in [0.4, 0.5) is 0 Å². The molecule has 3 aromatic carbocycles. The van der Waals surface area contributed by atoms with Gasteiger partial charge in [0.1, 0.15) is 0 Å². The SMILES string of the molecule is COc1cc2cc3p(c(=NC(C)=O)c2cc1OC)CCc1c-3cc(-c2ccccc2)c(OC)c1OC. The van der Waals surface area contributed by atoms with Crippen LogP contribution in [0.15, 0.2) is 59.6 Å². The van der Waals surface area contributed by atoms with Crippen molar-refractivity contribution in [3.05, 3.63) is 65.2 Å². The van der Waals surface area contributed by atoms with E-state index in [1.807, 2.05) is 30.3 Å². The molecule has 0 radical (unpaired) electrons. The number of hydrogen-bond donors (Lipinski definition) is 0. The number of rotatable bonds is 5. The van der Waals surface area contributed by atoms with Crippen molar-refractivity contribution in [3.63, 3.8) is 0 Å². The molecule has 1 atom stereocenters. The molecule has 0 N–H and O–H groups in total. The third kappa shape index (κ3) is 3.92. The number of fused-ring (bicyclic) bond motifs is 4. The van der Waals surface area contributed by atoms with Gasteiger partial charge in [0.25, 0.3) is 0 Å². The van der Waals surface area contributed by atoms with Gasteiger partial charge in [-0.2, -0.15) is 0 Å². The molecule has 0 saturated heterocycles. The quantitative estimate of drug-likeness (QED) is 0.326.